The number of nitrogens with zero attached hydrogens (tertiary/aromatic N) is 1. The van der Waals surface area contributed by atoms with Gasteiger partial charge >= 0.3 is 0 Å². The standard InChI is InChI=1S/C16H9Cl2N3O5/c17-9-5-7(6-10(18)14(9)22)19-13-12(15(23)20-16(13)24)8-3-1-2-4-11(8)21(25)26/h1-6,22H,(H2,19,20,23,24). The summed E-state index contributed by atoms with van der Waals surface area (Å²) >= 11 is 11.7. The fourth-order valence-electron chi connectivity index (χ4n) is 2.46. The van der Waals surface area contributed by atoms with Gasteiger partial charge in [-0.3, -0.25) is 25.0 Å². The molecular weight excluding hydrogens is 385 g/mol. The van der Waals surface area contributed by atoms with Crippen LogP contribution in [-0.4, -0.2) is 21.8 Å². The normalized spacial score (nSPS) is 13.8. The number of hydrogen-bond donors (Lipinski definition) is 3. The van der Waals surface area contributed by atoms with Crippen LogP contribution in [-0.2, 0) is 9.59 Å². The van der Waals surface area contributed by atoms with E-state index in [1.165, 1.54) is 36.4 Å². The zero-order chi connectivity index (χ0) is 19.0. The lowest BCUT2D eigenvalue weighted by molar-refractivity contribution is -0.385. The number of amides is 2. The minimum Gasteiger partial charge on any atom is -0.505 e. The molecule has 0 radical (unpaired) electrons. The molecule has 2 aromatic carbocycles. The van der Waals surface area contributed by atoms with E-state index < -0.39 is 16.7 Å². The van der Waals surface area contributed by atoms with Crippen LogP contribution in [0.5, 0.6) is 5.75 Å². The Hall–Kier alpha value is -3.10. The van der Waals surface area contributed by atoms with Gasteiger partial charge in [0.1, 0.15) is 5.70 Å². The van der Waals surface area contributed by atoms with Gasteiger partial charge in [-0.2, -0.15) is 0 Å². The topological polar surface area (TPSA) is 122 Å². The van der Waals surface area contributed by atoms with Gasteiger partial charge in [-0.15, -0.1) is 0 Å². The maximum atomic E-state index is 12.2. The quantitative estimate of drug-likeness (QED) is 0.317. The molecule has 0 aromatic heterocycles. The molecule has 26 heavy (non-hydrogen) atoms. The van der Waals surface area contributed by atoms with E-state index >= 15 is 0 Å². The van der Waals surface area contributed by atoms with Gasteiger partial charge in [0.25, 0.3) is 17.5 Å². The summed E-state index contributed by atoms with van der Waals surface area (Å²) in [5.41, 5.74) is -0.494. The van der Waals surface area contributed by atoms with Crippen LogP contribution in [0.1, 0.15) is 5.56 Å². The number of nitro benzene ring substituents is 1. The number of phenols is 1. The van der Waals surface area contributed by atoms with E-state index in [2.05, 4.69) is 10.6 Å². The fourth-order valence-corrected chi connectivity index (χ4v) is 2.94. The molecule has 0 saturated carbocycles. The SMILES string of the molecule is O=C1NC(=O)C(c2ccccc2[N+](=O)[O-])=C1Nc1cc(Cl)c(O)c(Cl)c1. The summed E-state index contributed by atoms with van der Waals surface area (Å²) in [6.45, 7) is 0. The third kappa shape index (κ3) is 3.07. The predicted molar refractivity (Wildman–Crippen MR) is 94.9 cm³/mol. The van der Waals surface area contributed by atoms with Gasteiger partial charge in [0.15, 0.2) is 5.75 Å². The molecule has 0 unspecified atom stereocenters. The van der Waals surface area contributed by atoms with Crippen LogP contribution in [0.4, 0.5) is 11.4 Å². The van der Waals surface area contributed by atoms with Crippen molar-refractivity contribution >= 4 is 52.0 Å². The molecule has 0 saturated heterocycles. The van der Waals surface area contributed by atoms with Gasteiger partial charge in [-0.1, -0.05) is 35.3 Å². The Labute approximate surface area is 156 Å². The number of aromatic hydroxyl groups is 1. The number of phenolic OH excluding ortho intramolecular Hbond substituents is 1. The minimum atomic E-state index is -0.775. The summed E-state index contributed by atoms with van der Waals surface area (Å²) < 4.78 is 0. The number of imide groups is 1. The van der Waals surface area contributed by atoms with E-state index in [0.29, 0.717) is 0 Å². The largest absolute Gasteiger partial charge is 0.505 e. The van der Waals surface area contributed by atoms with E-state index in [1.807, 2.05) is 0 Å². The lowest BCUT2D eigenvalue weighted by atomic mass is 10.0. The van der Waals surface area contributed by atoms with Gasteiger partial charge in [0, 0.05) is 11.8 Å². The van der Waals surface area contributed by atoms with Crippen LogP contribution < -0.4 is 10.6 Å². The Bertz CT molecular complexity index is 980. The second kappa shape index (κ2) is 6.66. The highest BCUT2D eigenvalue weighted by molar-refractivity contribution is 6.38. The highest BCUT2D eigenvalue weighted by Gasteiger charge is 2.35. The molecular formula is C16H9Cl2N3O5. The molecule has 10 heteroatoms. The van der Waals surface area contributed by atoms with Crippen LogP contribution in [0.3, 0.4) is 0 Å². The Kier molecular flexibility index (Phi) is 4.54. The lowest BCUT2D eigenvalue weighted by Gasteiger charge is -2.10. The smallest absolute Gasteiger partial charge is 0.277 e. The Balaban J connectivity index is 2.15. The Morgan fingerprint density at radius 3 is 2.31 bits per heavy atom. The van der Waals surface area contributed by atoms with Gasteiger partial charge in [0.2, 0.25) is 0 Å². The van der Waals surface area contributed by atoms with Gasteiger partial charge in [-0.25, -0.2) is 0 Å². The molecule has 1 heterocycles. The van der Waals surface area contributed by atoms with E-state index in [9.17, 15) is 24.8 Å². The number of hydrogen-bond acceptors (Lipinski definition) is 6. The molecule has 0 fully saturated rings. The van der Waals surface area contributed by atoms with Crippen molar-refractivity contribution in [3.8, 4) is 5.75 Å². The van der Waals surface area contributed by atoms with Crippen molar-refractivity contribution in [3.05, 3.63) is 67.8 Å². The number of carbonyl (C=O) groups excluding carboxylic acids is 2. The molecule has 1 aliphatic heterocycles. The van der Waals surface area contributed by atoms with Crippen LogP contribution >= 0.6 is 23.2 Å². The number of nitrogens with one attached hydrogen (secondary N) is 2. The maximum absolute atomic E-state index is 12.2. The molecule has 3 rings (SSSR count). The minimum absolute atomic E-state index is 0.0145. The van der Waals surface area contributed by atoms with E-state index in [0.717, 1.165) is 0 Å². The number of rotatable bonds is 4. The van der Waals surface area contributed by atoms with Crippen molar-refractivity contribution in [1.29, 1.82) is 0 Å². The average Bonchev–Trinajstić information content (AvgIpc) is 2.86. The monoisotopic (exact) mass is 393 g/mol. The van der Waals surface area contributed by atoms with Crippen molar-refractivity contribution in [1.82, 2.24) is 5.32 Å². The van der Waals surface area contributed by atoms with Crippen molar-refractivity contribution < 1.29 is 19.6 Å². The fraction of sp³-hybridized carbons (Fsp3) is 0. The molecule has 0 aliphatic carbocycles. The first-order valence-electron chi connectivity index (χ1n) is 7.08. The van der Waals surface area contributed by atoms with Crippen LogP contribution in [0, 0.1) is 10.1 Å². The molecule has 2 amide bonds. The first-order chi connectivity index (χ1) is 12.3. The van der Waals surface area contributed by atoms with Crippen LogP contribution in [0.25, 0.3) is 5.57 Å². The third-order valence-corrected chi connectivity index (χ3v) is 4.16. The number of halogens is 2. The van der Waals surface area contributed by atoms with Crippen LogP contribution in [0.15, 0.2) is 42.1 Å². The summed E-state index contributed by atoms with van der Waals surface area (Å²) in [5.74, 6) is -1.87. The number of para-hydroxylation sites is 1. The molecule has 2 aromatic rings. The number of nitro groups is 1. The number of benzene rings is 2. The first kappa shape index (κ1) is 17.7. The molecule has 1 aliphatic rings. The molecule has 0 bridgehead atoms. The third-order valence-electron chi connectivity index (χ3n) is 3.59. The van der Waals surface area contributed by atoms with Crippen molar-refractivity contribution in [2.45, 2.75) is 0 Å². The van der Waals surface area contributed by atoms with E-state index in [-0.39, 0.29) is 44.0 Å². The molecule has 3 N–H and O–H groups in total. The summed E-state index contributed by atoms with van der Waals surface area (Å²) in [6, 6.07) is 8.14. The zero-order valence-electron chi connectivity index (χ0n) is 12.7. The average molecular weight is 394 g/mol. The van der Waals surface area contributed by atoms with Gasteiger partial charge in [-0.05, 0) is 18.2 Å². The number of carbonyl (C=O) groups is 2. The molecule has 0 spiro atoms. The van der Waals surface area contributed by atoms with Crippen molar-refractivity contribution in [3.63, 3.8) is 0 Å². The van der Waals surface area contributed by atoms with Crippen molar-refractivity contribution in [2.75, 3.05) is 5.32 Å². The second-order valence-electron chi connectivity index (χ2n) is 5.22. The summed E-state index contributed by atoms with van der Waals surface area (Å²) in [4.78, 5) is 35.0. The molecule has 8 nitrogen and oxygen atoms in total. The van der Waals surface area contributed by atoms with Crippen molar-refractivity contribution in [2.24, 2.45) is 0 Å². The molecule has 0 atom stereocenters. The van der Waals surface area contributed by atoms with E-state index in [4.69, 9.17) is 23.2 Å². The van der Waals surface area contributed by atoms with Gasteiger partial charge in [0.05, 0.1) is 26.1 Å². The lowest BCUT2D eigenvalue weighted by Crippen LogP contribution is -2.24. The Morgan fingerprint density at radius 1 is 1.08 bits per heavy atom. The summed E-state index contributed by atoms with van der Waals surface area (Å²) in [6.07, 6.45) is 0. The first-order valence-corrected chi connectivity index (χ1v) is 7.84. The maximum Gasteiger partial charge on any atom is 0.277 e. The van der Waals surface area contributed by atoms with Gasteiger partial charge < -0.3 is 10.4 Å². The Morgan fingerprint density at radius 2 is 1.69 bits per heavy atom. The van der Waals surface area contributed by atoms with Crippen LogP contribution in [0.2, 0.25) is 10.0 Å². The summed E-state index contributed by atoms with van der Waals surface area (Å²) in [7, 11) is 0. The van der Waals surface area contributed by atoms with E-state index in [1.54, 1.807) is 0 Å². The second-order valence-corrected chi connectivity index (χ2v) is 6.04. The molecule has 132 valence electrons. The number of anilines is 1. The zero-order valence-corrected chi connectivity index (χ0v) is 14.3. The predicted octanol–water partition coefficient (Wildman–Crippen LogP) is 3.09. The highest BCUT2D eigenvalue weighted by atomic mass is 35.5. The summed E-state index contributed by atoms with van der Waals surface area (Å²) in [5, 5.41) is 25.5. The highest BCUT2D eigenvalue weighted by Crippen LogP contribution is 2.36.